The van der Waals surface area contributed by atoms with Crippen molar-refractivity contribution in [3.8, 4) is 17.0 Å². The monoisotopic (exact) mass is 369 g/mol. The minimum Gasteiger partial charge on any atom is -0.497 e. The molecular weight excluding hydrogens is 342 g/mol. The van der Waals surface area contributed by atoms with E-state index in [0.29, 0.717) is 6.04 Å². The van der Waals surface area contributed by atoms with Crippen molar-refractivity contribution in [1.29, 1.82) is 0 Å². The van der Waals surface area contributed by atoms with Crippen LogP contribution < -0.4 is 10.1 Å². The molecule has 0 spiro atoms. The molecule has 1 aromatic carbocycles. The third-order valence-corrected chi connectivity index (χ3v) is 6.50. The molecule has 26 heavy (non-hydrogen) atoms. The summed E-state index contributed by atoms with van der Waals surface area (Å²) >= 11 is 1.72. The van der Waals surface area contributed by atoms with Crippen LogP contribution in [-0.4, -0.2) is 22.7 Å². The zero-order valence-corrected chi connectivity index (χ0v) is 16.8. The van der Waals surface area contributed by atoms with Gasteiger partial charge in [-0.15, -0.1) is 11.3 Å². The van der Waals surface area contributed by atoms with Crippen molar-refractivity contribution >= 4 is 27.4 Å². The first-order valence-electron chi connectivity index (χ1n) is 9.42. The zero-order valence-electron chi connectivity index (χ0n) is 16.0. The highest BCUT2D eigenvalue weighted by atomic mass is 32.1. The van der Waals surface area contributed by atoms with Crippen molar-refractivity contribution in [3.05, 3.63) is 29.3 Å². The van der Waals surface area contributed by atoms with E-state index < -0.39 is 0 Å². The molecule has 0 aliphatic heterocycles. The van der Waals surface area contributed by atoms with Gasteiger partial charge in [0.2, 0.25) is 0 Å². The number of rotatable bonds is 4. The third kappa shape index (κ3) is 3.09. The normalized spacial score (nSPS) is 20.5. The summed E-state index contributed by atoms with van der Waals surface area (Å²) in [6, 6.07) is 6.84. The molecule has 1 fully saturated rings. The van der Waals surface area contributed by atoms with E-state index in [1.807, 2.05) is 6.07 Å². The summed E-state index contributed by atoms with van der Waals surface area (Å²) in [7, 11) is 3.82. The van der Waals surface area contributed by atoms with Crippen LogP contribution in [0.25, 0.3) is 22.2 Å². The van der Waals surface area contributed by atoms with Crippen LogP contribution in [0.5, 0.6) is 5.75 Å². The van der Waals surface area contributed by atoms with Crippen LogP contribution in [0.1, 0.15) is 38.3 Å². The number of aryl methyl sites for hydroxylation is 1. The fourth-order valence-corrected chi connectivity index (χ4v) is 4.97. The largest absolute Gasteiger partial charge is 0.497 e. The number of aromatic nitrogens is 2. The van der Waals surface area contributed by atoms with Crippen LogP contribution in [0.4, 0.5) is 5.13 Å². The first-order valence-corrected chi connectivity index (χ1v) is 10.3. The third-order valence-electron chi connectivity index (χ3n) is 5.72. The summed E-state index contributed by atoms with van der Waals surface area (Å²) < 4.78 is 7.62. The van der Waals surface area contributed by atoms with Gasteiger partial charge in [-0.05, 0) is 37.8 Å². The lowest BCUT2D eigenvalue weighted by Gasteiger charge is -2.27. The molecule has 0 amide bonds. The quantitative estimate of drug-likeness (QED) is 0.650. The molecule has 1 aliphatic carbocycles. The number of nitrogens with one attached hydrogen (secondary N) is 1. The number of fused-ring (bicyclic) bond motifs is 1. The van der Waals surface area contributed by atoms with E-state index in [4.69, 9.17) is 9.72 Å². The van der Waals surface area contributed by atoms with Crippen LogP contribution in [0.15, 0.2) is 23.6 Å². The Morgan fingerprint density at radius 3 is 2.92 bits per heavy atom. The highest BCUT2D eigenvalue weighted by Crippen LogP contribution is 2.37. The highest BCUT2D eigenvalue weighted by Gasteiger charge is 2.21. The Labute approximate surface area is 159 Å². The average molecular weight is 370 g/mol. The zero-order chi connectivity index (χ0) is 18.3. The lowest BCUT2D eigenvalue weighted by molar-refractivity contribution is 0.358. The van der Waals surface area contributed by atoms with Gasteiger partial charge in [0.05, 0.1) is 18.3 Å². The SMILES string of the molecule is COc1ccc2c(-c3csc(NC4CCCC(C)C4)n3)c(C)n(C)c2c1. The smallest absolute Gasteiger partial charge is 0.183 e. The number of benzene rings is 1. The maximum Gasteiger partial charge on any atom is 0.183 e. The van der Waals surface area contributed by atoms with Crippen molar-refractivity contribution < 1.29 is 4.74 Å². The van der Waals surface area contributed by atoms with Crippen molar-refractivity contribution in [3.63, 3.8) is 0 Å². The van der Waals surface area contributed by atoms with Gasteiger partial charge in [0.15, 0.2) is 5.13 Å². The summed E-state index contributed by atoms with van der Waals surface area (Å²) in [5.41, 5.74) is 4.71. The molecule has 138 valence electrons. The maximum absolute atomic E-state index is 5.39. The fraction of sp³-hybridized carbons (Fsp3) is 0.476. The summed E-state index contributed by atoms with van der Waals surface area (Å²) in [5, 5.41) is 8.13. The Hall–Kier alpha value is -2.01. The van der Waals surface area contributed by atoms with Gasteiger partial charge in [0.25, 0.3) is 0 Å². The maximum atomic E-state index is 5.39. The summed E-state index contributed by atoms with van der Waals surface area (Å²) in [4.78, 5) is 4.93. The molecule has 2 atom stereocenters. The number of thiazole rings is 1. The first-order chi connectivity index (χ1) is 12.6. The molecule has 2 aromatic heterocycles. The molecular formula is C21H27N3OS. The summed E-state index contributed by atoms with van der Waals surface area (Å²) in [5.74, 6) is 1.70. The molecule has 1 saturated carbocycles. The molecule has 4 rings (SSSR count). The van der Waals surface area contributed by atoms with Gasteiger partial charge >= 0.3 is 0 Å². The van der Waals surface area contributed by atoms with E-state index in [-0.39, 0.29) is 0 Å². The number of nitrogens with zero attached hydrogens (tertiary/aromatic N) is 2. The Bertz CT molecular complexity index is 927. The molecule has 2 unspecified atom stereocenters. The molecule has 5 heteroatoms. The van der Waals surface area contributed by atoms with E-state index in [9.17, 15) is 0 Å². The second kappa shape index (κ2) is 6.95. The van der Waals surface area contributed by atoms with Gasteiger partial charge in [0.1, 0.15) is 5.75 Å². The average Bonchev–Trinajstić information content (AvgIpc) is 3.18. The van der Waals surface area contributed by atoms with E-state index in [1.165, 1.54) is 47.8 Å². The number of hydrogen-bond acceptors (Lipinski definition) is 4. The molecule has 3 aromatic rings. The molecule has 1 N–H and O–H groups in total. The summed E-state index contributed by atoms with van der Waals surface area (Å²) in [6.07, 6.45) is 5.19. The lowest BCUT2D eigenvalue weighted by Crippen LogP contribution is -2.26. The number of ether oxygens (including phenoxy) is 1. The van der Waals surface area contributed by atoms with Crippen molar-refractivity contribution in [2.75, 3.05) is 12.4 Å². The van der Waals surface area contributed by atoms with Gasteiger partial charge in [0, 0.05) is 41.2 Å². The Balaban J connectivity index is 1.66. The minimum absolute atomic E-state index is 0.565. The van der Waals surface area contributed by atoms with Gasteiger partial charge in [-0.3, -0.25) is 0 Å². The Morgan fingerprint density at radius 1 is 1.31 bits per heavy atom. The standard InChI is InChI=1S/C21H27N3OS/c1-13-6-5-7-15(10-13)22-21-23-18(12-26-21)20-14(2)24(3)19-11-16(25-4)8-9-17(19)20/h8-9,11-13,15H,5-7,10H2,1-4H3,(H,22,23). The van der Waals surface area contributed by atoms with Gasteiger partial charge in [-0.2, -0.15) is 0 Å². The van der Waals surface area contributed by atoms with Crippen LogP contribution in [0.2, 0.25) is 0 Å². The second-order valence-electron chi connectivity index (χ2n) is 7.55. The van der Waals surface area contributed by atoms with Gasteiger partial charge < -0.3 is 14.6 Å². The van der Waals surface area contributed by atoms with E-state index in [1.54, 1.807) is 18.4 Å². The molecule has 0 radical (unpaired) electrons. The molecule has 1 aliphatic rings. The Kier molecular flexibility index (Phi) is 4.65. The second-order valence-corrected chi connectivity index (χ2v) is 8.41. The topological polar surface area (TPSA) is 39.1 Å². The fourth-order valence-electron chi connectivity index (χ4n) is 4.19. The predicted octanol–water partition coefficient (Wildman–Crippen LogP) is 5.61. The molecule has 0 saturated heterocycles. The number of anilines is 1. The molecule has 0 bridgehead atoms. The first kappa shape index (κ1) is 17.4. The van der Waals surface area contributed by atoms with E-state index >= 15 is 0 Å². The van der Waals surface area contributed by atoms with Crippen molar-refractivity contribution in [2.45, 2.75) is 45.6 Å². The summed E-state index contributed by atoms with van der Waals surface area (Å²) in [6.45, 7) is 4.52. The van der Waals surface area contributed by atoms with Crippen LogP contribution in [-0.2, 0) is 7.05 Å². The van der Waals surface area contributed by atoms with Crippen LogP contribution >= 0.6 is 11.3 Å². The van der Waals surface area contributed by atoms with Gasteiger partial charge in [-0.1, -0.05) is 19.8 Å². The molecule has 2 heterocycles. The van der Waals surface area contributed by atoms with E-state index in [0.717, 1.165) is 22.5 Å². The number of hydrogen-bond donors (Lipinski definition) is 1. The highest BCUT2D eigenvalue weighted by molar-refractivity contribution is 7.14. The minimum atomic E-state index is 0.565. The predicted molar refractivity (Wildman–Crippen MR) is 110 cm³/mol. The van der Waals surface area contributed by atoms with Crippen LogP contribution in [0.3, 0.4) is 0 Å². The van der Waals surface area contributed by atoms with Crippen molar-refractivity contribution in [2.24, 2.45) is 13.0 Å². The van der Waals surface area contributed by atoms with Crippen LogP contribution in [0, 0.1) is 12.8 Å². The van der Waals surface area contributed by atoms with Crippen molar-refractivity contribution in [1.82, 2.24) is 9.55 Å². The lowest BCUT2D eigenvalue weighted by atomic mass is 9.87. The van der Waals surface area contributed by atoms with Gasteiger partial charge in [-0.25, -0.2) is 4.98 Å². The van der Waals surface area contributed by atoms with E-state index in [2.05, 4.69) is 48.3 Å². The molecule has 4 nitrogen and oxygen atoms in total. The Morgan fingerprint density at radius 2 is 2.15 bits per heavy atom. The number of methoxy groups -OCH3 is 1.